The van der Waals surface area contributed by atoms with E-state index in [1.165, 1.54) is 44.6 Å². The van der Waals surface area contributed by atoms with Crippen molar-refractivity contribution in [2.45, 2.75) is 25.2 Å². The molecule has 2 unspecified atom stereocenters. The summed E-state index contributed by atoms with van der Waals surface area (Å²) in [6, 6.07) is 9.02. The Morgan fingerprint density at radius 3 is 2.82 bits per heavy atom. The van der Waals surface area contributed by atoms with Crippen molar-refractivity contribution in [3.05, 3.63) is 130 Å². The highest BCUT2D eigenvalue weighted by atomic mass is 14.6. The molecule has 0 amide bonds. The maximum atomic E-state index is 3.31. The van der Waals surface area contributed by atoms with Crippen LogP contribution in [0.2, 0.25) is 0 Å². The molecule has 0 saturated heterocycles. The molecule has 28 heavy (non-hydrogen) atoms. The van der Waals surface area contributed by atoms with Gasteiger partial charge >= 0.3 is 0 Å². The smallest absolute Gasteiger partial charge is 0.0719 e. The zero-order valence-corrected chi connectivity index (χ0v) is 16.1. The lowest BCUT2D eigenvalue weighted by atomic mass is 9.68. The fourth-order valence-corrected chi connectivity index (χ4v) is 5.79. The second-order valence-corrected chi connectivity index (χ2v) is 8.18. The van der Waals surface area contributed by atoms with Gasteiger partial charge in [-0.05, 0) is 87.6 Å². The lowest BCUT2D eigenvalue weighted by Gasteiger charge is -2.33. The minimum Gasteiger partial charge on any atom is -0.121 e. The maximum absolute atomic E-state index is 3.31. The molecule has 0 bridgehead atoms. The molecule has 0 heterocycles. The predicted molar refractivity (Wildman–Crippen MR) is 117 cm³/mol. The standard InChI is InChI=1S/C28H22/c1-19-11-10-18-26-27(19)22-14-5-3-7-16-25(22)28(26)23-15-6-2-4-12-20(23)21-13-8-9-17-24(21)28/h2,4-5,7-10,12-19H,6,11H2,1H3. The Labute approximate surface area is 166 Å². The van der Waals surface area contributed by atoms with Gasteiger partial charge in [-0.3, -0.25) is 0 Å². The van der Waals surface area contributed by atoms with Gasteiger partial charge in [0.15, 0.2) is 0 Å². The van der Waals surface area contributed by atoms with Crippen LogP contribution in [-0.4, -0.2) is 0 Å². The van der Waals surface area contributed by atoms with Crippen molar-refractivity contribution >= 4 is 5.57 Å². The average molecular weight is 358 g/mol. The highest BCUT2D eigenvalue weighted by Gasteiger charge is 2.56. The molecule has 5 aliphatic rings. The molecule has 0 aliphatic heterocycles. The molecule has 0 aromatic heterocycles. The van der Waals surface area contributed by atoms with E-state index in [9.17, 15) is 0 Å². The maximum Gasteiger partial charge on any atom is 0.0719 e. The van der Waals surface area contributed by atoms with Crippen LogP contribution in [0, 0.1) is 5.92 Å². The normalized spacial score (nSPS) is 28.7. The second-order valence-electron chi connectivity index (χ2n) is 8.18. The minimum atomic E-state index is -0.197. The molecule has 1 spiro atoms. The molecule has 6 rings (SSSR count). The number of benzene rings is 1. The Hall–Kier alpha value is -3.08. The van der Waals surface area contributed by atoms with Gasteiger partial charge in [-0.1, -0.05) is 67.6 Å². The van der Waals surface area contributed by atoms with Gasteiger partial charge in [0.25, 0.3) is 0 Å². The highest BCUT2D eigenvalue weighted by Crippen LogP contribution is 2.66. The molecule has 0 N–H and O–H groups in total. The molecule has 0 radical (unpaired) electrons. The summed E-state index contributed by atoms with van der Waals surface area (Å²) >= 11 is 0. The molecule has 0 saturated carbocycles. The van der Waals surface area contributed by atoms with Crippen LogP contribution in [0.5, 0.6) is 0 Å². The summed E-state index contributed by atoms with van der Waals surface area (Å²) in [5.41, 5.74) is 14.6. The Morgan fingerprint density at radius 2 is 1.86 bits per heavy atom. The number of hydrogen-bond donors (Lipinski definition) is 0. The Bertz CT molecular complexity index is 1190. The van der Waals surface area contributed by atoms with E-state index in [1.807, 2.05) is 0 Å². The molecule has 0 nitrogen and oxygen atoms in total. The molecule has 2 atom stereocenters. The van der Waals surface area contributed by atoms with Gasteiger partial charge in [0, 0.05) is 0 Å². The molecule has 1 aromatic carbocycles. The fraction of sp³-hybridized carbons (Fsp3) is 0.179. The van der Waals surface area contributed by atoms with E-state index in [2.05, 4.69) is 97.7 Å². The number of rotatable bonds is 0. The average Bonchev–Trinajstić information content (AvgIpc) is 2.94. The molecular weight excluding hydrogens is 336 g/mol. The van der Waals surface area contributed by atoms with Gasteiger partial charge in [0.05, 0.1) is 5.41 Å². The Kier molecular flexibility index (Phi) is 3.25. The van der Waals surface area contributed by atoms with Crippen LogP contribution in [0.4, 0.5) is 0 Å². The first-order valence-corrected chi connectivity index (χ1v) is 10.3. The van der Waals surface area contributed by atoms with Gasteiger partial charge in [-0.25, -0.2) is 0 Å². The van der Waals surface area contributed by atoms with Crippen molar-refractivity contribution in [1.82, 2.24) is 0 Å². The molecule has 5 aliphatic carbocycles. The van der Waals surface area contributed by atoms with Crippen LogP contribution in [-0.2, 0) is 5.41 Å². The van der Waals surface area contributed by atoms with Crippen molar-refractivity contribution in [2.24, 2.45) is 5.92 Å². The van der Waals surface area contributed by atoms with Crippen LogP contribution in [0.25, 0.3) is 5.57 Å². The third-order valence-corrected chi connectivity index (χ3v) is 6.81. The highest BCUT2D eigenvalue weighted by molar-refractivity contribution is 5.98. The van der Waals surface area contributed by atoms with E-state index < -0.39 is 0 Å². The van der Waals surface area contributed by atoms with Crippen molar-refractivity contribution in [1.29, 1.82) is 0 Å². The van der Waals surface area contributed by atoms with Gasteiger partial charge in [-0.2, -0.15) is 0 Å². The summed E-state index contributed by atoms with van der Waals surface area (Å²) in [7, 11) is 0. The first-order chi connectivity index (χ1) is 13.8. The van der Waals surface area contributed by atoms with E-state index in [1.54, 1.807) is 0 Å². The summed E-state index contributed by atoms with van der Waals surface area (Å²) in [6.45, 7) is 2.37. The van der Waals surface area contributed by atoms with Gasteiger partial charge in [0.1, 0.15) is 0 Å². The first-order valence-electron chi connectivity index (χ1n) is 10.3. The minimum absolute atomic E-state index is 0.197. The summed E-state index contributed by atoms with van der Waals surface area (Å²) in [5.74, 6) is 0.533. The third kappa shape index (κ3) is 1.81. The van der Waals surface area contributed by atoms with E-state index in [0.717, 1.165) is 12.8 Å². The lowest BCUT2D eigenvalue weighted by molar-refractivity contribution is 0.682. The van der Waals surface area contributed by atoms with Crippen LogP contribution in [0.1, 0.15) is 30.9 Å². The van der Waals surface area contributed by atoms with Crippen molar-refractivity contribution in [2.75, 3.05) is 0 Å². The van der Waals surface area contributed by atoms with E-state index >= 15 is 0 Å². The van der Waals surface area contributed by atoms with Crippen LogP contribution in [0.15, 0.2) is 119 Å². The number of allylic oxidation sites excluding steroid dienone is 15. The summed E-state index contributed by atoms with van der Waals surface area (Å²) in [6.07, 6.45) is 24.9. The predicted octanol–water partition coefficient (Wildman–Crippen LogP) is 6.69. The summed E-state index contributed by atoms with van der Waals surface area (Å²) in [4.78, 5) is 0. The second kappa shape index (κ2) is 5.71. The van der Waals surface area contributed by atoms with Crippen molar-refractivity contribution in [3.63, 3.8) is 0 Å². The first kappa shape index (κ1) is 15.9. The lowest BCUT2D eigenvalue weighted by Crippen LogP contribution is -2.27. The molecule has 134 valence electrons. The SMILES string of the molecule is CC1CC=CC2=C1C1=CC=C=CC=C1C21C2=CCC=CC=C2c2ccccc21. The number of hydrogen-bond acceptors (Lipinski definition) is 0. The Balaban J connectivity index is 1.79. The molecule has 0 heteroatoms. The summed E-state index contributed by atoms with van der Waals surface area (Å²) in [5, 5.41) is 0. The monoisotopic (exact) mass is 358 g/mol. The van der Waals surface area contributed by atoms with Gasteiger partial charge < -0.3 is 0 Å². The molecule has 1 aromatic rings. The van der Waals surface area contributed by atoms with Crippen molar-refractivity contribution < 1.29 is 0 Å². The number of fused-ring (bicyclic) bond motifs is 9. The molecular formula is C28H22. The van der Waals surface area contributed by atoms with E-state index in [4.69, 9.17) is 0 Å². The quantitative estimate of drug-likeness (QED) is 0.453. The zero-order valence-electron chi connectivity index (χ0n) is 16.1. The largest absolute Gasteiger partial charge is 0.121 e. The van der Waals surface area contributed by atoms with E-state index in [0.29, 0.717) is 5.92 Å². The van der Waals surface area contributed by atoms with Crippen LogP contribution >= 0.6 is 0 Å². The fourth-order valence-electron chi connectivity index (χ4n) is 5.79. The third-order valence-electron chi connectivity index (χ3n) is 6.81. The summed E-state index contributed by atoms with van der Waals surface area (Å²) < 4.78 is 0. The van der Waals surface area contributed by atoms with E-state index in [-0.39, 0.29) is 5.41 Å². The topological polar surface area (TPSA) is 0 Å². The van der Waals surface area contributed by atoms with Crippen molar-refractivity contribution in [3.8, 4) is 0 Å². The Morgan fingerprint density at radius 1 is 0.964 bits per heavy atom. The van der Waals surface area contributed by atoms with Gasteiger partial charge in [0.2, 0.25) is 0 Å². The zero-order chi connectivity index (χ0) is 18.7. The van der Waals surface area contributed by atoms with Crippen LogP contribution < -0.4 is 0 Å². The van der Waals surface area contributed by atoms with Crippen LogP contribution in [0.3, 0.4) is 0 Å². The van der Waals surface area contributed by atoms with Gasteiger partial charge in [-0.15, -0.1) is 5.73 Å². The molecule has 0 fully saturated rings.